The van der Waals surface area contributed by atoms with Gasteiger partial charge in [-0.2, -0.15) is 13.2 Å². The van der Waals surface area contributed by atoms with Gasteiger partial charge in [0.15, 0.2) is 0 Å². The van der Waals surface area contributed by atoms with Crippen LogP contribution < -0.4 is 0 Å². The Kier molecular flexibility index (Phi) is 3.54. The van der Waals surface area contributed by atoms with E-state index in [-0.39, 0.29) is 9.13 Å². The minimum atomic E-state index is -4.76. The summed E-state index contributed by atoms with van der Waals surface area (Å²) in [5.41, 5.74) is -3.35. The van der Waals surface area contributed by atoms with E-state index in [1.807, 2.05) is 0 Å². The molecule has 1 nitrogen and oxygen atoms in total. The molecule has 0 saturated carbocycles. The highest BCUT2D eigenvalue weighted by atomic mass is 127. The average molecular weight is 348 g/mol. The highest BCUT2D eigenvalue weighted by Crippen LogP contribution is 2.36. The molecule has 0 aromatic heterocycles. The first-order valence-electron chi connectivity index (χ1n) is 4.32. The molecule has 0 aliphatic carbocycles. The molecule has 0 amide bonds. The van der Waals surface area contributed by atoms with Gasteiger partial charge in [0.2, 0.25) is 0 Å². The second-order valence-electron chi connectivity index (χ2n) is 3.87. The number of alkyl halides is 3. The van der Waals surface area contributed by atoms with E-state index in [9.17, 15) is 22.7 Å². The van der Waals surface area contributed by atoms with Crippen LogP contribution in [0.3, 0.4) is 0 Å². The minimum Gasteiger partial charge on any atom is -0.386 e. The third-order valence-corrected chi connectivity index (χ3v) is 2.62. The van der Waals surface area contributed by atoms with Crippen LogP contribution in [-0.2, 0) is 11.8 Å². The fourth-order valence-corrected chi connectivity index (χ4v) is 1.86. The van der Waals surface area contributed by atoms with Crippen molar-refractivity contribution in [1.82, 2.24) is 0 Å². The Morgan fingerprint density at radius 2 is 1.56 bits per heavy atom. The van der Waals surface area contributed by atoms with E-state index in [1.54, 1.807) is 22.6 Å². The zero-order valence-electron chi connectivity index (χ0n) is 8.49. The summed E-state index contributed by atoms with van der Waals surface area (Å²) in [5, 5.41) is 9.57. The van der Waals surface area contributed by atoms with E-state index in [1.165, 1.54) is 19.9 Å². The summed E-state index contributed by atoms with van der Waals surface area (Å²) < 4.78 is 51.2. The van der Waals surface area contributed by atoms with Crippen molar-refractivity contribution in [2.75, 3.05) is 0 Å². The Balaban J connectivity index is 3.51. The van der Waals surface area contributed by atoms with Gasteiger partial charge in [0.25, 0.3) is 0 Å². The van der Waals surface area contributed by atoms with Crippen molar-refractivity contribution < 1.29 is 22.7 Å². The molecule has 0 unspecified atom stereocenters. The van der Waals surface area contributed by atoms with E-state index in [0.717, 1.165) is 0 Å². The molecule has 0 radical (unpaired) electrons. The van der Waals surface area contributed by atoms with Crippen molar-refractivity contribution in [3.8, 4) is 0 Å². The first-order valence-corrected chi connectivity index (χ1v) is 5.40. The fourth-order valence-electron chi connectivity index (χ4n) is 1.24. The molecule has 16 heavy (non-hydrogen) atoms. The zero-order chi connectivity index (χ0) is 12.7. The minimum absolute atomic E-state index is 0.225. The van der Waals surface area contributed by atoms with Crippen LogP contribution in [0.25, 0.3) is 0 Å². The number of hydrogen-bond acceptors (Lipinski definition) is 1. The van der Waals surface area contributed by atoms with E-state index in [2.05, 4.69) is 0 Å². The maximum Gasteiger partial charge on any atom is 0.419 e. The molecule has 6 heteroatoms. The van der Waals surface area contributed by atoms with Crippen molar-refractivity contribution in [1.29, 1.82) is 0 Å². The summed E-state index contributed by atoms with van der Waals surface area (Å²) in [6.07, 6.45) is -4.76. The molecule has 0 atom stereocenters. The number of hydrogen-bond donors (Lipinski definition) is 1. The van der Waals surface area contributed by atoms with Crippen LogP contribution in [0.5, 0.6) is 0 Å². The molecule has 0 aliphatic heterocycles. The number of aliphatic hydroxyl groups is 1. The second-order valence-corrected chi connectivity index (χ2v) is 5.12. The molecule has 0 fully saturated rings. The molecular formula is C10H9F4IO. The van der Waals surface area contributed by atoms with Gasteiger partial charge in [0, 0.05) is 9.13 Å². The molecular weight excluding hydrogens is 339 g/mol. The Hall–Kier alpha value is -0.370. The van der Waals surface area contributed by atoms with Gasteiger partial charge in [0.1, 0.15) is 5.82 Å². The standard InChI is InChI=1S/C10H9F4IO/c1-9(2,16)6-3-5(15)4-7(8(6)11)10(12,13)14/h3-4,16H,1-2H3. The molecule has 0 spiro atoms. The molecule has 0 saturated heterocycles. The first kappa shape index (κ1) is 13.7. The van der Waals surface area contributed by atoms with Crippen molar-refractivity contribution in [2.24, 2.45) is 0 Å². The third kappa shape index (κ3) is 2.85. The molecule has 1 aromatic rings. The van der Waals surface area contributed by atoms with Crippen LogP contribution in [0.4, 0.5) is 17.6 Å². The summed E-state index contributed by atoms with van der Waals surface area (Å²) in [7, 11) is 0. The van der Waals surface area contributed by atoms with Gasteiger partial charge in [-0.05, 0) is 48.6 Å². The molecule has 1 rings (SSSR count). The lowest BCUT2D eigenvalue weighted by atomic mass is 9.95. The fraction of sp³-hybridized carbons (Fsp3) is 0.400. The quantitative estimate of drug-likeness (QED) is 0.607. The Morgan fingerprint density at radius 1 is 1.12 bits per heavy atom. The van der Waals surface area contributed by atoms with Crippen LogP contribution in [0.15, 0.2) is 12.1 Å². The highest BCUT2D eigenvalue weighted by Gasteiger charge is 2.37. The van der Waals surface area contributed by atoms with Crippen molar-refractivity contribution in [3.05, 3.63) is 32.6 Å². The lowest BCUT2D eigenvalue weighted by molar-refractivity contribution is -0.140. The lowest BCUT2D eigenvalue weighted by Crippen LogP contribution is -2.21. The largest absolute Gasteiger partial charge is 0.419 e. The van der Waals surface area contributed by atoms with Crippen LogP contribution >= 0.6 is 22.6 Å². The Morgan fingerprint density at radius 3 is 1.94 bits per heavy atom. The summed E-state index contributed by atoms with van der Waals surface area (Å²) >= 11 is 1.65. The first-order chi connectivity index (χ1) is 7.03. The number of halogens is 5. The topological polar surface area (TPSA) is 20.2 Å². The summed E-state index contributed by atoms with van der Waals surface area (Å²) in [4.78, 5) is 0. The van der Waals surface area contributed by atoms with Crippen LogP contribution in [0.2, 0.25) is 0 Å². The normalized spacial score (nSPS) is 13.0. The van der Waals surface area contributed by atoms with E-state index < -0.39 is 23.2 Å². The van der Waals surface area contributed by atoms with Gasteiger partial charge < -0.3 is 5.11 Å². The zero-order valence-corrected chi connectivity index (χ0v) is 10.6. The summed E-state index contributed by atoms with van der Waals surface area (Å²) in [6.45, 7) is 2.48. The van der Waals surface area contributed by atoms with Gasteiger partial charge in [-0.1, -0.05) is 0 Å². The predicted octanol–water partition coefficient (Wildman–Crippen LogP) is 3.68. The highest BCUT2D eigenvalue weighted by molar-refractivity contribution is 14.1. The van der Waals surface area contributed by atoms with Crippen LogP contribution in [-0.4, -0.2) is 5.11 Å². The van der Waals surface area contributed by atoms with Crippen LogP contribution in [0, 0.1) is 9.39 Å². The summed E-state index contributed by atoms with van der Waals surface area (Å²) in [6, 6.07) is 1.91. The molecule has 1 N–H and O–H groups in total. The average Bonchev–Trinajstić information content (AvgIpc) is 2.04. The van der Waals surface area contributed by atoms with E-state index in [4.69, 9.17) is 0 Å². The van der Waals surface area contributed by atoms with Crippen molar-refractivity contribution >= 4 is 22.6 Å². The SMILES string of the molecule is CC(C)(O)c1cc(I)cc(C(F)(F)F)c1F. The molecule has 0 heterocycles. The second kappa shape index (κ2) is 4.14. The van der Waals surface area contributed by atoms with Crippen molar-refractivity contribution in [2.45, 2.75) is 25.6 Å². The smallest absolute Gasteiger partial charge is 0.386 e. The monoisotopic (exact) mass is 348 g/mol. The number of benzene rings is 1. The molecule has 0 aliphatic rings. The van der Waals surface area contributed by atoms with Gasteiger partial charge in [-0.25, -0.2) is 4.39 Å². The van der Waals surface area contributed by atoms with Gasteiger partial charge in [-0.3, -0.25) is 0 Å². The van der Waals surface area contributed by atoms with Gasteiger partial charge >= 0.3 is 6.18 Å². The van der Waals surface area contributed by atoms with E-state index >= 15 is 0 Å². The van der Waals surface area contributed by atoms with Crippen molar-refractivity contribution in [3.63, 3.8) is 0 Å². The van der Waals surface area contributed by atoms with Gasteiger partial charge in [-0.15, -0.1) is 0 Å². The molecule has 90 valence electrons. The van der Waals surface area contributed by atoms with Crippen LogP contribution in [0.1, 0.15) is 25.0 Å². The molecule has 0 bridgehead atoms. The maximum absolute atomic E-state index is 13.6. The van der Waals surface area contributed by atoms with Gasteiger partial charge in [0.05, 0.1) is 11.2 Å². The number of rotatable bonds is 1. The Bertz CT molecular complexity index is 371. The Labute approximate surface area is 104 Å². The predicted molar refractivity (Wildman–Crippen MR) is 59.4 cm³/mol. The van der Waals surface area contributed by atoms with E-state index in [0.29, 0.717) is 6.07 Å². The maximum atomic E-state index is 13.6. The lowest BCUT2D eigenvalue weighted by Gasteiger charge is -2.21. The molecule has 1 aromatic carbocycles. The third-order valence-electron chi connectivity index (χ3n) is 2.00. The summed E-state index contributed by atoms with van der Waals surface area (Å²) in [5.74, 6) is -1.42.